The second-order valence-corrected chi connectivity index (χ2v) is 7.48. The summed E-state index contributed by atoms with van der Waals surface area (Å²) in [4.78, 5) is 18.8. The van der Waals surface area contributed by atoms with Gasteiger partial charge in [-0.05, 0) is 31.9 Å². The Morgan fingerprint density at radius 2 is 2.24 bits per heavy atom. The van der Waals surface area contributed by atoms with Crippen LogP contribution in [-0.4, -0.2) is 17.4 Å². The zero-order valence-corrected chi connectivity index (χ0v) is 14.4. The van der Waals surface area contributed by atoms with Crippen molar-refractivity contribution in [2.24, 2.45) is 5.92 Å². The highest BCUT2D eigenvalue weighted by Gasteiger charge is 2.11. The van der Waals surface area contributed by atoms with Crippen LogP contribution in [0.1, 0.15) is 36.6 Å². The molecule has 2 aromatic heterocycles. The molecule has 0 aromatic carbocycles. The van der Waals surface area contributed by atoms with E-state index >= 15 is 0 Å². The first kappa shape index (κ1) is 16.2. The third-order valence-electron chi connectivity index (χ3n) is 3.37. The van der Waals surface area contributed by atoms with Crippen LogP contribution >= 0.6 is 22.7 Å². The minimum atomic E-state index is 0.117. The summed E-state index contributed by atoms with van der Waals surface area (Å²) in [7, 11) is 0. The van der Waals surface area contributed by atoms with Crippen LogP contribution < -0.4 is 5.32 Å². The van der Waals surface area contributed by atoms with Gasteiger partial charge in [-0.1, -0.05) is 20.3 Å². The summed E-state index contributed by atoms with van der Waals surface area (Å²) in [6.07, 6.45) is 2.90. The molecule has 0 spiro atoms. The van der Waals surface area contributed by atoms with Crippen molar-refractivity contribution in [2.45, 2.75) is 40.0 Å². The lowest BCUT2D eigenvalue weighted by Crippen LogP contribution is -2.30. The molecule has 0 saturated heterocycles. The van der Waals surface area contributed by atoms with Gasteiger partial charge in [-0.3, -0.25) is 4.79 Å². The van der Waals surface area contributed by atoms with E-state index in [2.05, 4.69) is 34.7 Å². The van der Waals surface area contributed by atoms with E-state index in [1.807, 2.05) is 13.8 Å². The van der Waals surface area contributed by atoms with Crippen LogP contribution in [0.15, 0.2) is 17.5 Å². The van der Waals surface area contributed by atoms with E-state index in [0.717, 1.165) is 30.0 Å². The van der Waals surface area contributed by atoms with Crippen LogP contribution in [0.4, 0.5) is 0 Å². The molecule has 0 bridgehead atoms. The third-order valence-corrected chi connectivity index (χ3v) is 5.31. The highest BCUT2D eigenvalue weighted by atomic mass is 32.1. The Bertz CT molecular complexity index is 589. The molecule has 1 unspecified atom stereocenters. The van der Waals surface area contributed by atoms with Gasteiger partial charge in [-0.15, -0.1) is 22.7 Å². The van der Waals surface area contributed by atoms with Crippen molar-refractivity contribution in [1.29, 1.82) is 0 Å². The van der Waals surface area contributed by atoms with E-state index in [1.165, 1.54) is 9.75 Å². The Labute approximate surface area is 134 Å². The van der Waals surface area contributed by atoms with Crippen molar-refractivity contribution in [1.82, 2.24) is 10.3 Å². The zero-order chi connectivity index (χ0) is 15.2. The SMILES string of the molecule is CCCC(C)C(=O)NCCc1ccc(-c2csc(C)n2)s1. The van der Waals surface area contributed by atoms with Gasteiger partial charge >= 0.3 is 0 Å². The largest absolute Gasteiger partial charge is 0.356 e. The number of hydrogen-bond acceptors (Lipinski definition) is 4. The molecule has 0 aliphatic carbocycles. The molecule has 0 radical (unpaired) electrons. The summed E-state index contributed by atoms with van der Waals surface area (Å²) < 4.78 is 0. The molecule has 3 nitrogen and oxygen atoms in total. The minimum absolute atomic E-state index is 0.117. The number of amides is 1. The molecule has 21 heavy (non-hydrogen) atoms. The Balaban J connectivity index is 1.82. The molecule has 0 aliphatic rings. The fourth-order valence-electron chi connectivity index (χ4n) is 2.17. The van der Waals surface area contributed by atoms with Gasteiger partial charge in [-0.2, -0.15) is 0 Å². The van der Waals surface area contributed by atoms with Crippen LogP contribution in [0.25, 0.3) is 10.6 Å². The number of thiazole rings is 1. The quantitative estimate of drug-likeness (QED) is 0.827. The molecule has 1 N–H and O–H groups in total. The standard InChI is InChI=1S/C16H22N2OS2/c1-4-5-11(2)16(19)17-9-8-13-6-7-15(21-13)14-10-20-12(3)18-14/h6-7,10-11H,4-5,8-9H2,1-3H3,(H,17,19). The van der Waals surface area contributed by atoms with Crippen molar-refractivity contribution in [3.05, 3.63) is 27.4 Å². The lowest BCUT2D eigenvalue weighted by Gasteiger charge is -2.10. The van der Waals surface area contributed by atoms with E-state index in [9.17, 15) is 4.79 Å². The number of hydrogen-bond donors (Lipinski definition) is 1. The Kier molecular flexibility index (Phi) is 5.94. The average molecular weight is 322 g/mol. The second kappa shape index (κ2) is 7.71. The maximum atomic E-state index is 11.8. The predicted molar refractivity (Wildman–Crippen MR) is 90.9 cm³/mol. The van der Waals surface area contributed by atoms with Crippen molar-refractivity contribution >= 4 is 28.6 Å². The van der Waals surface area contributed by atoms with Gasteiger partial charge in [0.1, 0.15) is 0 Å². The number of carbonyl (C=O) groups excluding carboxylic acids is 1. The number of carbonyl (C=O) groups is 1. The predicted octanol–water partition coefficient (Wildman–Crippen LogP) is 4.27. The van der Waals surface area contributed by atoms with Crippen LogP contribution in [0.3, 0.4) is 0 Å². The van der Waals surface area contributed by atoms with E-state index in [0.29, 0.717) is 6.54 Å². The molecule has 0 fully saturated rings. The van der Waals surface area contributed by atoms with Crippen molar-refractivity contribution < 1.29 is 4.79 Å². The van der Waals surface area contributed by atoms with Crippen molar-refractivity contribution in [2.75, 3.05) is 6.54 Å². The van der Waals surface area contributed by atoms with E-state index in [1.54, 1.807) is 22.7 Å². The van der Waals surface area contributed by atoms with Gasteiger partial charge in [0.25, 0.3) is 0 Å². The Hall–Kier alpha value is -1.20. The topological polar surface area (TPSA) is 42.0 Å². The first-order chi connectivity index (χ1) is 10.1. The number of rotatable bonds is 7. The summed E-state index contributed by atoms with van der Waals surface area (Å²) >= 11 is 3.44. The Morgan fingerprint density at radius 1 is 1.43 bits per heavy atom. The summed E-state index contributed by atoms with van der Waals surface area (Å²) in [5.74, 6) is 0.288. The molecule has 2 aromatic rings. The number of aryl methyl sites for hydroxylation is 1. The molecule has 1 atom stereocenters. The smallest absolute Gasteiger partial charge is 0.222 e. The van der Waals surface area contributed by atoms with E-state index in [4.69, 9.17) is 0 Å². The molecule has 2 heterocycles. The van der Waals surface area contributed by atoms with E-state index < -0.39 is 0 Å². The van der Waals surface area contributed by atoms with Crippen LogP contribution in [0.2, 0.25) is 0 Å². The fourth-order valence-corrected chi connectivity index (χ4v) is 3.83. The van der Waals surface area contributed by atoms with Crippen molar-refractivity contribution in [3.8, 4) is 10.6 Å². The molecular weight excluding hydrogens is 300 g/mol. The van der Waals surface area contributed by atoms with Crippen LogP contribution in [-0.2, 0) is 11.2 Å². The number of nitrogens with one attached hydrogen (secondary N) is 1. The summed E-state index contributed by atoms with van der Waals surface area (Å²) in [6, 6.07) is 4.26. The molecular formula is C16H22N2OS2. The van der Waals surface area contributed by atoms with Gasteiger partial charge in [0, 0.05) is 22.7 Å². The third kappa shape index (κ3) is 4.64. The minimum Gasteiger partial charge on any atom is -0.356 e. The average Bonchev–Trinajstić information content (AvgIpc) is 3.07. The molecule has 0 aliphatic heterocycles. The van der Waals surface area contributed by atoms with Gasteiger partial charge in [0.15, 0.2) is 0 Å². The maximum absolute atomic E-state index is 11.8. The van der Waals surface area contributed by atoms with Gasteiger partial charge in [0.2, 0.25) is 5.91 Å². The molecule has 2 rings (SSSR count). The van der Waals surface area contributed by atoms with Crippen LogP contribution in [0.5, 0.6) is 0 Å². The first-order valence-corrected chi connectivity index (χ1v) is 9.08. The molecule has 114 valence electrons. The highest BCUT2D eigenvalue weighted by Crippen LogP contribution is 2.29. The lowest BCUT2D eigenvalue weighted by molar-refractivity contribution is -0.124. The van der Waals surface area contributed by atoms with E-state index in [-0.39, 0.29) is 11.8 Å². The van der Waals surface area contributed by atoms with Gasteiger partial charge in [0.05, 0.1) is 15.6 Å². The highest BCUT2D eigenvalue weighted by molar-refractivity contribution is 7.16. The number of thiophene rings is 1. The fraction of sp³-hybridized carbons (Fsp3) is 0.500. The molecule has 0 saturated carbocycles. The molecule has 1 amide bonds. The lowest BCUT2D eigenvalue weighted by atomic mass is 10.1. The summed E-state index contributed by atoms with van der Waals surface area (Å²) in [5, 5.41) is 6.21. The normalized spacial score (nSPS) is 12.3. The monoisotopic (exact) mass is 322 g/mol. The summed E-state index contributed by atoms with van der Waals surface area (Å²) in [6.45, 7) is 6.84. The van der Waals surface area contributed by atoms with Crippen LogP contribution in [0, 0.1) is 12.8 Å². The number of nitrogens with zero attached hydrogens (tertiary/aromatic N) is 1. The second-order valence-electron chi connectivity index (χ2n) is 5.25. The van der Waals surface area contributed by atoms with Gasteiger partial charge in [-0.25, -0.2) is 4.98 Å². The Morgan fingerprint density at radius 3 is 2.90 bits per heavy atom. The van der Waals surface area contributed by atoms with Crippen molar-refractivity contribution in [3.63, 3.8) is 0 Å². The van der Waals surface area contributed by atoms with Gasteiger partial charge < -0.3 is 5.32 Å². The molecule has 5 heteroatoms. The maximum Gasteiger partial charge on any atom is 0.222 e. The zero-order valence-electron chi connectivity index (χ0n) is 12.8. The first-order valence-electron chi connectivity index (χ1n) is 7.39. The number of aromatic nitrogens is 1. The summed E-state index contributed by atoms with van der Waals surface area (Å²) in [5.41, 5.74) is 1.06.